The van der Waals surface area contributed by atoms with Gasteiger partial charge in [-0.1, -0.05) is 30.3 Å². The van der Waals surface area contributed by atoms with Crippen molar-refractivity contribution in [3.05, 3.63) is 35.9 Å². The van der Waals surface area contributed by atoms with E-state index in [0.29, 0.717) is 6.10 Å². The molecule has 0 bridgehead atoms. The van der Waals surface area contributed by atoms with Crippen molar-refractivity contribution >= 4 is 0 Å². The van der Waals surface area contributed by atoms with Crippen molar-refractivity contribution in [1.29, 1.82) is 0 Å². The minimum Gasteiger partial charge on any atom is -1.00 e. The molecule has 0 radical (unpaired) electrons. The van der Waals surface area contributed by atoms with Crippen molar-refractivity contribution in [1.82, 2.24) is 0 Å². The lowest BCUT2D eigenvalue weighted by Gasteiger charge is -2.27. The van der Waals surface area contributed by atoms with E-state index < -0.39 is 0 Å². The van der Waals surface area contributed by atoms with Gasteiger partial charge in [0.1, 0.15) is 0 Å². The fraction of sp³-hybridized carbons (Fsp3) is 0.625. The Morgan fingerprint density at radius 2 is 2.00 bits per heavy atom. The molecule has 2 N–H and O–H groups in total. The molecule has 1 aromatic carbocycles. The van der Waals surface area contributed by atoms with E-state index in [1.165, 1.54) is 44.2 Å². The average molecular weight is 284 g/mol. The van der Waals surface area contributed by atoms with Crippen LogP contribution in [0, 0.1) is 0 Å². The van der Waals surface area contributed by atoms with Gasteiger partial charge in [-0.25, -0.2) is 0 Å². The molecule has 3 heteroatoms. The third-order valence-electron chi connectivity index (χ3n) is 3.84. The van der Waals surface area contributed by atoms with Crippen LogP contribution in [0.2, 0.25) is 0 Å². The monoisotopic (exact) mass is 283 g/mol. The summed E-state index contributed by atoms with van der Waals surface area (Å²) in [7, 11) is 0. The smallest absolute Gasteiger partial charge is 0.0884 e. The molecule has 1 aliphatic carbocycles. The van der Waals surface area contributed by atoms with E-state index in [0.717, 1.165) is 12.6 Å². The Hall–Kier alpha value is -0.570. The van der Waals surface area contributed by atoms with Gasteiger partial charge in [-0.3, -0.25) is 0 Å². The van der Waals surface area contributed by atoms with Crippen LogP contribution in [0.25, 0.3) is 0 Å². The fourth-order valence-corrected chi connectivity index (χ4v) is 2.91. The Balaban J connectivity index is 0.00000180. The summed E-state index contributed by atoms with van der Waals surface area (Å²) in [4.78, 5) is 0. The van der Waals surface area contributed by atoms with E-state index >= 15 is 0 Å². The summed E-state index contributed by atoms with van der Waals surface area (Å²) in [6.07, 6.45) is 6.88. The summed E-state index contributed by atoms with van der Waals surface area (Å²) in [6, 6.07) is 11.6. The van der Waals surface area contributed by atoms with Gasteiger partial charge in [-0.2, -0.15) is 0 Å². The Morgan fingerprint density at radius 3 is 2.74 bits per heavy atom. The van der Waals surface area contributed by atoms with Crippen LogP contribution in [0.5, 0.6) is 0 Å². The Labute approximate surface area is 123 Å². The van der Waals surface area contributed by atoms with Crippen LogP contribution in [-0.2, 0) is 11.2 Å². The van der Waals surface area contributed by atoms with Gasteiger partial charge in [0, 0.05) is 19.4 Å². The van der Waals surface area contributed by atoms with E-state index in [2.05, 4.69) is 42.6 Å². The minimum atomic E-state index is 0. The number of ether oxygens (including phenoxy) is 1. The fourth-order valence-electron chi connectivity index (χ4n) is 2.91. The molecule has 0 saturated heterocycles. The van der Waals surface area contributed by atoms with E-state index in [-0.39, 0.29) is 12.4 Å². The maximum atomic E-state index is 5.76. The molecule has 1 aromatic rings. The van der Waals surface area contributed by atoms with Crippen molar-refractivity contribution in [2.45, 2.75) is 51.2 Å². The summed E-state index contributed by atoms with van der Waals surface area (Å²) in [5, 5.41) is 2.53. The highest BCUT2D eigenvalue weighted by Crippen LogP contribution is 2.18. The van der Waals surface area contributed by atoms with Crippen LogP contribution in [0.15, 0.2) is 30.3 Å². The lowest BCUT2D eigenvalue weighted by molar-refractivity contribution is -0.692. The van der Waals surface area contributed by atoms with Crippen molar-refractivity contribution in [2.75, 3.05) is 13.2 Å². The molecule has 0 aromatic heterocycles. The van der Waals surface area contributed by atoms with E-state index in [4.69, 9.17) is 4.74 Å². The zero-order chi connectivity index (χ0) is 12.6. The van der Waals surface area contributed by atoms with Crippen LogP contribution in [0.3, 0.4) is 0 Å². The van der Waals surface area contributed by atoms with Crippen molar-refractivity contribution in [3.63, 3.8) is 0 Å². The molecule has 2 unspecified atom stereocenters. The first-order valence-electron chi connectivity index (χ1n) is 7.37. The molecule has 1 saturated carbocycles. The standard InChI is InChI=1S/C16H25NO.ClH/c1-2-18-16-10-6-9-15(13-16)17-12-11-14-7-4-3-5-8-14;/h3-5,7-8,15-17H,2,6,9-13H2,1H3;1H. The second-order valence-electron chi connectivity index (χ2n) is 5.26. The summed E-state index contributed by atoms with van der Waals surface area (Å²) in [6.45, 7) is 4.16. The van der Waals surface area contributed by atoms with Crippen LogP contribution >= 0.6 is 0 Å². The molecule has 1 fully saturated rings. The van der Waals surface area contributed by atoms with Gasteiger partial charge in [-0.15, -0.1) is 0 Å². The molecule has 2 atom stereocenters. The van der Waals surface area contributed by atoms with Gasteiger partial charge in [0.15, 0.2) is 0 Å². The van der Waals surface area contributed by atoms with Gasteiger partial charge >= 0.3 is 0 Å². The van der Waals surface area contributed by atoms with Crippen molar-refractivity contribution in [3.8, 4) is 0 Å². The van der Waals surface area contributed by atoms with Crippen molar-refractivity contribution < 1.29 is 22.5 Å². The molecule has 1 aliphatic rings. The third kappa shape index (κ3) is 5.94. The summed E-state index contributed by atoms with van der Waals surface area (Å²) >= 11 is 0. The predicted molar refractivity (Wildman–Crippen MR) is 74.6 cm³/mol. The summed E-state index contributed by atoms with van der Waals surface area (Å²) < 4.78 is 5.76. The highest BCUT2D eigenvalue weighted by Gasteiger charge is 2.24. The molecular formula is C16H26ClNO. The van der Waals surface area contributed by atoms with Gasteiger partial charge < -0.3 is 22.5 Å². The normalized spacial score (nSPS) is 22.8. The van der Waals surface area contributed by atoms with E-state index in [1.807, 2.05) is 0 Å². The number of quaternary nitrogens is 1. The maximum Gasteiger partial charge on any atom is 0.0884 e. The zero-order valence-electron chi connectivity index (χ0n) is 11.9. The van der Waals surface area contributed by atoms with E-state index in [1.54, 1.807) is 0 Å². The first-order chi connectivity index (χ1) is 8.88. The molecule has 2 nitrogen and oxygen atoms in total. The SMILES string of the molecule is CCOC1CCCC([NH2+]CCc2ccccc2)C1.[Cl-]. The molecule has 108 valence electrons. The number of hydrogen-bond donors (Lipinski definition) is 1. The second-order valence-corrected chi connectivity index (χ2v) is 5.26. The molecule has 0 heterocycles. The summed E-state index contributed by atoms with van der Waals surface area (Å²) in [5.74, 6) is 0. The number of benzene rings is 1. The predicted octanol–water partition coefficient (Wildman–Crippen LogP) is -0.856. The highest BCUT2D eigenvalue weighted by atomic mass is 35.5. The van der Waals surface area contributed by atoms with E-state index in [9.17, 15) is 0 Å². The van der Waals surface area contributed by atoms with Crippen LogP contribution in [-0.4, -0.2) is 25.3 Å². The summed E-state index contributed by atoms with van der Waals surface area (Å²) in [5.41, 5.74) is 1.45. The van der Waals surface area contributed by atoms with Crippen LogP contribution in [0.4, 0.5) is 0 Å². The Kier molecular flexibility index (Phi) is 8.11. The molecule has 0 amide bonds. The maximum absolute atomic E-state index is 5.76. The number of rotatable bonds is 6. The lowest BCUT2D eigenvalue weighted by Crippen LogP contribution is -3.00. The highest BCUT2D eigenvalue weighted by molar-refractivity contribution is 5.14. The number of hydrogen-bond acceptors (Lipinski definition) is 1. The van der Waals surface area contributed by atoms with Crippen LogP contribution in [0.1, 0.15) is 38.2 Å². The number of halogens is 1. The molecule has 19 heavy (non-hydrogen) atoms. The quantitative estimate of drug-likeness (QED) is 0.723. The van der Waals surface area contributed by atoms with Gasteiger partial charge in [0.25, 0.3) is 0 Å². The van der Waals surface area contributed by atoms with Crippen LogP contribution < -0.4 is 17.7 Å². The Bertz CT molecular complexity index is 329. The van der Waals surface area contributed by atoms with Crippen molar-refractivity contribution in [2.24, 2.45) is 0 Å². The average Bonchev–Trinajstić information content (AvgIpc) is 2.41. The minimum absolute atomic E-state index is 0. The lowest BCUT2D eigenvalue weighted by atomic mass is 9.92. The van der Waals surface area contributed by atoms with Gasteiger partial charge in [0.05, 0.1) is 18.7 Å². The van der Waals surface area contributed by atoms with Gasteiger partial charge in [-0.05, 0) is 31.7 Å². The molecule has 2 rings (SSSR count). The zero-order valence-corrected chi connectivity index (χ0v) is 12.6. The first-order valence-corrected chi connectivity index (χ1v) is 7.37. The first kappa shape index (κ1) is 16.5. The number of nitrogens with two attached hydrogens (primary N) is 1. The largest absolute Gasteiger partial charge is 1.00 e. The topological polar surface area (TPSA) is 25.8 Å². The second kappa shape index (κ2) is 9.35. The molecular weight excluding hydrogens is 258 g/mol. The Morgan fingerprint density at radius 1 is 1.21 bits per heavy atom. The molecule has 0 aliphatic heterocycles. The molecule has 0 spiro atoms. The third-order valence-corrected chi connectivity index (χ3v) is 3.84. The van der Waals surface area contributed by atoms with Gasteiger partial charge in [0.2, 0.25) is 0 Å².